The van der Waals surface area contributed by atoms with Gasteiger partial charge < -0.3 is 14.5 Å². The Kier molecular flexibility index (Phi) is 7.08. The Hall–Kier alpha value is -4.44. The molecule has 0 radical (unpaired) electrons. The fourth-order valence-electron chi connectivity index (χ4n) is 5.52. The van der Waals surface area contributed by atoms with Crippen LogP contribution in [0.4, 0.5) is 19.5 Å². The molecule has 13 heteroatoms. The van der Waals surface area contributed by atoms with Gasteiger partial charge in [0.25, 0.3) is 0 Å². The first-order valence-corrected chi connectivity index (χ1v) is 13.5. The van der Waals surface area contributed by atoms with Crippen molar-refractivity contribution in [2.45, 2.75) is 32.9 Å². The number of halogens is 2. The number of amides is 2. The highest BCUT2D eigenvalue weighted by atomic mass is 19.1. The van der Waals surface area contributed by atoms with Crippen LogP contribution in [0.2, 0.25) is 0 Å². The van der Waals surface area contributed by atoms with Crippen molar-refractivity contribution in [1.82, 2.24) is 29.7 Å². The molecule has 2 amide bonds. The largest absolute Gasteiger partial charge is 0.381 e. The Morgan fingerprint density at radius 2 is 1.93 bits per heavy atom. The second-order valence-corrected chi connectivity index (χ2v) is 10.5. The van der Waals surface area contributed by atoms with E-state index in [4.69, 9.17) is 4.74 Å². The molecule has 11 nitrogen and oxygen atoms in total. The number of benzene rings is 1. The van der Waals surface area contributed by atoms with Crippen molar-refractivity contribution in [3.8, 4) is 17.3 Å². The summed E-state index contributed by atoms with van der Waals surface area (Å²) in [5, 5.41) is 19.4. The fraction of sp³-hybridized carbons (Fsp3) is 0.429. The van der Waals surface area contributed by atoms with Crippen LogP contribution in [0.5, 0.6) is 0 Å². The van der Waals surface area contributed by atoms with Crippen LogP contribution >= 0.6 is 0 Å². The molecular weight excluding hydrogens is 532 g/mol. The summed E-state index contributed by atoms with van der Waals surface area (Å²) < 4.78 is 36.2. The second-order valence-electron chi connectivity index (χ2n) is 10.5. The van der Waals surface area contributed by atoms with Crippen LogP contribution < -0.4 is 4.90 Å². The smallest absolute Gasteiger partial charge is 0.341 e. The molecule has 3 aliphatic rings. The van der Waals surface area contributed by atoms with E-state index in [1.165, 1.54) is 17.3 Å². The summed E-state index contributed by atoms with van der Waals surface area (Å²) in [6.45, 7) is 7.51. The lowest BCUT2D eigenvalue weighted by molar-refractivity contribution is -0.0411. The highest BCUT2D eigenvalue weighted by molar-refractivity contribution is 5.79. The van der Waals surface area contributed by atoms with Gasteiger partial charge in [-0.05, 0) is 37.6 Å². The zero-order chi connectivity index (χ0) is 28.7. The van der Waals surface area contributed by atoms with Crippen LogP contribution in [-0.4, -0.2) is 81.3 Å². The number of nitrogens with zero attached hydrogens (tertiary/aromatic N) is 9. The van der Waals surface area contributed by atoms with E-state index in [0.29, 0.717) is 81.0 Å². The van der Waals surface area contributed by atoms with E-state index in [1.807, 2.05) is 29.5 Å². The Morgan fingerprint density at radius 3 is 2.63 bits per heavy atom. The van der Waals surface area contributed by atoms with E-state index in [-0.39, 0.29) is 17.3 Å². The molecule has 5 heterocycles. The number of rotatable bonds is 5. The number of aromatic nitrogens is 4. The zero-order valence-corrected chi connectivity index (χ0v) is 22.8. The number of hydrogen-bond acceptors (Lipinski definition) is 8. The van der Waals surface area contributed by atoms with Gasteiger partial charge in [-0.2, -0.15) is 15.5 Å². The van der Waals surface area contributed by atoms with Crippen molar-refractivity contribution in [2.75, 3.05) is 44.3 Å². The number of piperazine rings is 1. The lowest BCUT2D eigenvalue weighted by Crippen LogP contribution is -2.52. The third-order valence-corrected chi connectivity index (χ3v) is 7.78. The molecule has 2 fully saturated rings. The van der Waals surface area contributed by atoms with Gasteiger partial charge in [-0.1, -0.05) is 0 Å². The minimum absolute atomic E-state index is 0.192. The van der Waals surface area contributed by atoms with Crippen molar-refractivity contribution in [3.05, 3.63) is 58.5 Å². The second kappa shape index (κ2) is 10.9. The lowest BCUT2D eigenvalue weighted by Gasteiger charge is -2.37. The molecule has 1 atom stereocenters. The standard InChI is InChI=1S/C28H29F2N9O2/c1-17-25(18(2)38(35-17)14-20-15-41-16-20)26-23(30)13-32-27(34-26)36-5-7-37(8-6-36)28(40)39-24(3-4-33-39)21-9-19(12-31)10-22(29)11-21/h4,9-11,13,20,24H,3,5-8,14-16H2,1-2H3. The number of ether oxygens (including phenoxy) is 1. The molecule has 6 rings (SSSR count). The molecule has 2 aromatic heterocycles. The number of urea groups is 1. The van der Waals surface area contributed by atoms with E-state index in [9.17, 15) is 14.4 Å². The SMILES string of the molecule is Cc1nn(CC2COC2)c(C)c1-c1nc(N2CCN(C(=O)N3N=CCC3c3cc(F)cc(C#N)c3)CC2)ncc1F. The topological polar surface area (TPSA) is 116 Å². The Bertz CT molecular complexity index is 1550. The summed E-state index contributed by atoms with van der Waals surface area (Å²) in [6.07, 6.45) is 3.23. The maximum atomic E-state index is 15.0. The Labute approximate surface area is 235 Å². The van der Waals surface area contributed by atoms with Gasteiger partial charge >= 0.3 is 6.03 Å². The first kappa shape index (κ1) is 26.8. The number of hydrogen-bond donors (Lipinski definition) is 0. The van der Waals surface area contributed by atoms with Crippen molar-refractivity contribution in [1.29, 1.82) is 5.26 Å². The molecule has 3 aromatic rings. The van der Waals surface area contributed by atoms with Gasteiger partial charge in [0.05, 0.1) is 42.8 Å². The number of aryl methyl sites for hydroxylation is 1. The highest BCUT2D eigenvalue weighted by Crippen LogP contribution is 2.32. The van der Waals surface area contributed by atoms with Gasteiger partial charge in [-0.15, -0.1) is 0 Å². The maximum Gasteiger partial charge on any atom is 0.341 e. The van der Waals surface area contributed by atoms with Crippen LogP contribution in [0.3, 0.4) is 0 Å². The van der Waals surface area contributed by atoms with Crippen LogP contribution in [0.15, 0.2) is 29.5 Å². The third kappa shape index (κ3) is 5.11. The van der Waals surface area contributed by atoms with E-state index in [0.717, 1.165) is 11.8 Å². The molecule has 0 bridgehead atoms. The van der Waals surface area contributed by atoms with Crippen LogP contribution in [0.25, 0.3) is 11.3 Å². The van der Waals surface area contributed by atoms with Crippen LogP contribution in [0, 0.1) is 42.7 Å². The molecule has 1 unspecified atom stereocenters. The van der Waals surface area contributed by atoms with Crippen LogP contribution in [0.1, 0.15) is 35.0 Å². The summed E-state index contributed by atoms with van der Waals surface area (Å²) >= 11 is 0. The highest BCUT2D eigenvalue weighted by Gasteiger charge is 2.34. The molecule has 1 aromatic carbocycles. The maximum absolute atomic E-state index is 15.0. The molecule has 0 saturated carbocycles. The van der Waals surface area contributed by atoms with E-state index >= 15 is 4.39 Å². The zero-order valence-electron chi connectivity index (χ0n) is 22.8. The van der Waals surface area contributed by atoms with Gasteiger partial charge in [-0.25, -0.2) is 28.6 Å². The van der Waals surface area contributed by atoms with Gasteiger partial charge in [-0.3, -0.25) is 4.68 Å². The average Bonchev–Trinajstić information content (AvgIpc) is 3.55. The van der Waals surface area contributed by atoms with E-state index < -0.39 is 17.7 Å². The number of carbonyl (C=O) groups is 1. The fourth-order valence-corrected chi connectivity index (χ4v) is 5.52. The first-order chi connectivity index (χ1) is 19.8. The normalized spacial score (nSPS) is 19.0. The minimum Gasteiger partial charge on any atom is -0.381 e. The number of anilines is 1. The van der Waals surface area contributed by atoms with Crippen molar-refractivity contribution < 1.29 is 18.3 Å². The number of nitriles is 1. The van der Waals surface area contributed by atoms with Crippen molar-refractivity contribution >= 4 is 18.2 Å². The molecule has 3 aliphatic heterocycles. The summed E-state index contributed by atoms with van der Waals surface area (Å²) in [7, 11) is 0. The number of hydrazone groups is 1. The van der Waals surface area contributed by atoms with Crippen LogP contribution in [-0.2, 0) is 11.3 Å². The minimum atomic E-state index is -0.531. The first-order valence-electron chi connectivity index (χ1n) is 13.5. The number of carbonyl (C=O) groups excluding carboxylic acids is 1. The van der Waals surface area contributed by atoms with Gasteiger partial charge in [0, 0.05) is 62.5 Å². The van der Waals surface area contributed by atoms with E-state index in [2.05, 4.69) is 20.2 Å². The summed E-state index contributed by atoms with van der Waals surface area (Å²) in [5.74, 6) is -0.268. The quantitative estimate of drug-likeness (QED) is 0.469. The molecule has 0 N–H and O–H groups in total. The molecule has 0 aliphatic carbocycles. The predicted molar refractivity (Wildman–Crippen MR) is 145 cm³/mol. The Balaban J connectivity index is 1.15. The third-order valence-electron chi connectivity index (χ3n) is 7.78. The molecule has 212 valence electrons. The summed E-state index contributed by atoms with van der Waals surface area (Å²) in [4.78, 5) is 25.8. The van der Waals surface area contributed by atoms with Gasteiger partial charge in [0.15, 0.2) is 5.82 Å². The van der Waals surface area contributed by atoms with Gasteiger partial charge in [0.1, 0.15) is 11.5 Å². The van der Waals surface area contributed by atoms with E-state index in [1.54, 1.807) is 17.2 Å². The molecule has 2 saturated heterocycles. The monoisotopic (exact) mass is 561 g/mol. The van der Waals surface area contributed by atoms with Gasteiger partial charge in [0.2, 0.25) is 5.95 Å². The summed E-state index contributed by atoms with van der Waals surface area (Å²) in [6, 6.07) is 5.23. The lowest BCUT2D eigenvalue weighted by atomic mass is 10.0. The van der Waals surface area contributed by atoms with Crippen molar-refractivity contribution in [3.63, 3.8) is 0 Å². The molecule has 41 heavy (non-hydrogen) atoms. The average molecular weight is 562 g/mol. The predicted octanol–water partition coefficient (Wildman–Crippen LogP) is 3.43. The van der Waals surface area contributed by atoms with Crippen molar-refractivity contribution in [2.24, 2.45) is 11.0 Å². The molecule has 0 spiro atoms. The molecular formula is C28H29F2N9O2. The summed E-state index contributed by atoms with van der Waals surface area (Å²) in [5.41, 5.74) is 3.12. The Morgan fingerprint density at radius 1 is 1.15 bits per heavy atom.